The van der Waals surface area contributed by atoms with Crippen LogP contribution in [0, 0.1) is 5.92 Å². The van der Waals surface area contributed by atoms with Gasteiger partial charge >= 0.3 is 12.9 Å². The lowest BCUT2D eigenvalue weighted by Crippen LogP contribution is -2.41. The quantitative estimate of drug-likeness (QED) is 0.404. The highest BCUT2D eigenvalue weighted by Crippen LogP contribution is 2.47. The van der Waals surface area contributed by atoms with Crippen molar-refractivity contribution < 1.29 is 23.6 Å². The van der Waals surface area contributed by atoms with Gasteiger partial charge in [-0.2, -0.15) is 5.48 Å². The van der Waals surface area contributed by atoms with Gasteiger partial charge in [0.15, 0.2) is 0 Å². The van der Waals surface area contributed by atoms with Gasteiger partial charge in [0.2, 0.25) is 0 Å². The van der Waals surface area contributed by atoms with Gasteiger partial charge in [0, 0.05) is 11.2 Å². The minimum absolute atomic E-state index is 0.160. The van der Waals surface area contributed by atoms with Crippen LogP contribution in [0.3, 0.4) is 0 Å². The van der Waals surface area contributed by atoms with E-state index in [1.54, 1.807) is 13.8 Å². The number of hydroxylamine groups is 1. The molecule has 0 rings (SSSR count). The molecule has 0 aliphatic rings. The molecule has 0 radical (unpaired) electrons. The zero-order valence-corrected chi connectivity index (χ0v) is 11.8. The summed E-state index contributed by atoms with van der Waals surface area (Å²) in [6.45, 7) is 1.62. The van der Waals surface area contributed by atoms with Crippen molar-refractivity contribution in [3.63, 3.8) is 0 Å². The summed E-state index contributed by atoms with van der Waals surface area (Å²) in [4.78, 5) is 25.3. The summed E-state index contributed by atoms with van der Waals surface area (Å²) in [5, 5.41) is 0. The van der Waals surface area contributed by atoms with Crippen molar-refractivity contribution in [1.29, 1.82) is 0 Å². The molecule has 0 aliphatic carbocycles. The number of halogens is 1. The first-order valence-electron chi connectivity index (χ1n) is 5.41. The number of nitrogens with one attached hydrogen (secondary N) is 1. The molecule has 0 aromatic heterocycles. The van der Waals surface area contributed by atoms with Crippen LogP contribution >= 0.6 is 18.2 Å². The summed E-state index contributed by atoms with van der Waals surface area (Å²) in [7, 11) is 0. The van der Waals surface area contributed by atoms with Gasteiger partial charge in [-0.25, -0.2) is 9.36 Å². The smallest absolute Gasteiger partial charge is 0.379 e. The van der Waals surface area contributed by atoms with Crippen LogP contribution in [-0.2, 0) is 18.7 Å². The van der Waals surface area contributed by atoms with Gasteiger partial charge in [0.05, 0.1) is 6.61 Å². The largest absolute Gasteiger partial charge is 0.476 e. The Morgan fingerprint density at radius 1 is 1.53 bits per heavy atom. The predicted octanol–water partition coefficient (Wildman–Crippen LogP) is 2.21. The lowest BCUT2D eigenvalue weighted by molar-refractivity contribution is -0.143. The van der Waals surface area contributed by atoms with E-state index in [0.29, 0.717) is 6.61 Å². The highest BCUT2D eigenvalue weighted by molar-refractivity contribution is 7.80. The van der Waals surface area contributed by atoms with Crippen LogP contribution in [0.25, 0.3) is 0 Å². The Hall–Kier alpha value is -0.130. The van der Waals surface area contributed by atoms with E-state index in [1.807, 2.05) is 6.92 Å². The molecule has 0 heterocycles. The standard InChI is InChI=1S/C9H19ClNO5P/c1-4-5-6-15-11-8(7(2)3)9(12)16-17(10,13)14/h7-8,11H,4-6H2,1-3H3,(H,13,14)/t8-/m0/s1. The van der Waals surface area contributed by atoms with E-state index in [1.165, 1.54) is 0 Å². The van der Waals surface area contributed by atoms with Gasteiger partial charge in [-0.15, -0.1) is 0 Å². The second-order valence-corrected chi connectivity index (χ2v) is 6.27. The normalized spacial score (nSPS) is 16.6. The average Bonchev–Trinajstić information content (AvgIpc) is 2.14. The number of hydrogen-bond acceptors (Lipinski definition) is 5. The summed E-state index contributed by atoms with van der Waals surface area (Å²) in [5.74, 6) is -1.07. The van der Waals surface area contributed by atoms with E-state index in [9.17, 15) is 9.36 Å². The van der Waals surface area contributed by atoms with Crippen molar-refractivity contribution in [2.24, 2.45) is 5.92 Å². The van der Waals surface area contributed by atoms with Gasteiger partial charge < -0.3 is 14.3 Å². The Balaban J connectivity index is 4.23. The molecule has 2 N–H and O–H groups in total. The minimum atomic E-state index is -4.33. The number of hydrogen-bond donors (Lipinski definition) is 2. The predicted molar refractivity (Wildman–Crippen MR) is 64.4 cm³/mol. The van der Waals surface area contributed by atoms with Gasteiger partial charge in [-0.05, 0) is 12.3 Å². The lowest BCUT2D eigenvalue weighted by Gasteiger charge is -2.20. The molecule has 2 atom stereocenters. The van der Waals surface area contributed by atoms with Gasteiger partial charge in [-0.1, -0.05) is 27.2 Å². The van der Waals surface area contributed by atoms with Crippen LogP contribution in [0.2, 0.25) is 0 Å². The molecule has 0 spiro atoms. The molecule has 102 valence electrons. The Morgan fingerprint density at radius 3 is 2.53 bits per heavy atom. The van der Waals surface area contributed by atoms with Gasteiger partial charge in [0.25, 0.3) is 0 Å². The molecular weight excluding hydrogens is 269 g/mol. The van der Waals surface area contributed by atoms with Crippen molar-refractivity contribution in [3.05, 3.63) is 0 Å². The number of rotatable bonds is 8. The fourth-order valence-corrected chi connectivity index (χ4v) is 1.53. The molecule has 0 saturated carbocycles. The third-order valence-electron chi connectivity index (χ3n) is 1.93. The topological polar surface area (TPSA) is 84.9 Å². The second kappa shape index (κ2) is 8.06. The monoisotopic (exact) mass is 287 g/mol. The molecule has 1 unspecified atom stereocenters. The maximum absolute atomic E-state index is 11.5. The second-order valence-electron chi connectivity index (χ2n) is 3.90. The summed E-state index contributed by atoms with van der Waals surface area (Å²) >= 11 is 4.96. The molecule has 0 amide bonds. The molecule has 0 fully saturated rings. The highest BCUT2D eigenvalue weighted by atomic mass is 35.7. The first-order valence-corrected chi connectivity index (χ1v) is 7.89. The van der Waals surface area contributed by atoms with Crippen LogP contribution in [0.5, 0.6) is 0 Å². The average molecular weight is 288 g/mol. The van der Waals surface area contributed by atoms with E-state index >= 15 is 0 Å². The Morgan fingerprint density at radius 2 is 2.12 bits per heavy atom. The number of carbonyl (C=O) groups excluding carboxylic acids is 1. The van der Waals surface area contributed by atoms with E-state index in [-0.39, 0.29) is 5.92 Å². The maximum atomic E-state index is 11.5. The minimum Gasteiger partial charge on any atom is -0.379 e. The van der Waals surface area contributed by atoms with Crippen molar-refractivity contribution in [1.82, 2.24) is 5.48 Å². The molecule has 0 aliphatic heterocycles. The highest BCUT2D eigenvalue weighted by Gasteiger charge is 2.30. The maximum Gasteiger partial charge on any atom is 0.476 e. The van der Waals surface area contributed by atoms with Gasteiger partial charge in [-0.3, -0.25) is 0 Å². The van der Waals surface area contributed by atoms with Crippen LogP contribution in [-0.4, -0.2) is 23.5 Å². The fourth-order valence-electron chi connectivity index (χ4n) is 0.989. The first kappa shape index (κ1) is 16.9. The summed E-state index contributed by atoms with van der Waals surface area (Å²) in [6, 6.07) is -0.828. The van der Waals surface area contributed by atoms with E-state index in [2.05, 4.69) is 10.0 Å². The summed E-state index contributed by atoms with van der Waals surface area (Å²) in [6.07, 6.45) is 1.81. The van der Waals surface area contributed by atoms with E-state index in [0.717, 1.165) is 12.8 Å². The molecule has 0 aromatic rings. The Kier molecular flexibility index (Phi) is 8.00. The van der Waals surface area contributed by atoms with Crippen molar-refractivity contribution in [2.45, 2.75) is 39.7 Å². The van der Waals surface area contributed by atoms with Crippen molar-refractivity contribution >= 4 is 24.2 Å². The van der Waals surface area contributed by atoms with Crippen molar-refractivity contribution in [2.75, 3.05) is 6.61 Å². The Labute approximate surface area is 106 Å². The molecule has 0 bridgehead atoms. The molecule has 8 heteroatoms. The molecule has 0 aromatic carbocycles. The SMILES string of the molecule is CCCCON[C@H](C(=O)OP(=O)(O)Cl)C(C)C. The van der Waals surface area contributed by atoms with Gasteiger partial charge in [0.1, 0.15) is 6.04 Å². The molecule has 17 heavy (non-hydrogen) atoms. The van der Waals surface area contributed by atoms with Crippen LogP contribution < -0.4 is 5.48 Å². The third kappa shape index (κ3) is 8.57. The van der Waals surface area contributed by atoms with E-state index < -0.39 is 19.0 Å². The van der Waals surface area contributed by atoms with E-state index in [4.69, 9.17) is 21.0 Å². The first-order chi connectivity index (χ1) is 7.78. The zero-order valence-electron chi connectivity index (χ0n) is 10.2. The van der Waals surface area contributed by atoms with Crippen molar-refractivity contribution in [3.8, 4) is 0 Å². The lowest BCUT2D eigenvalue weighted by atomic mass is 10.1. The molecule has 0 saturated heterocycles. The zero-order chi connectivity index (χ0) is 13.5. The van der Waals surface area contributed by atoms with Crippen LogP contribution in [0.1, 0.15) is 33.6 Å². The van der Waals surface area contributed by atoms with Crippen LogP contribution in [0.4, 0.5) is 0 Å². The number of carbonyl (C=O) groups is 1. The summed E-state index contributed by atoms with van der Waals surface area (Å²) in [5.41, 5.74) is 2.51. The molecule has 6 nitrogen and oxygen atoms in total. The third-order valence-corrected chi connectivity index (χ3v) is 2.55. The fraction of sp³-hybridized carbons (Fsp3) is 0.889. The Bertz CT molecular complexity index is 281. The summed E-state index contributed by atoms with van der Waals surface area (Å²) < 4.78 is 15.0. The molecular formula is C9H19ClNO5P. The van der Waals surface area contributed by atoms with Crippen LogP contribution in [0.15, 0.2) is 0 Å². The number of unbranched alkanes of at least 4 members (excludes halogenated alkanes) is 1.